The fourth-order valence-electron chi connectivity index (χ4n) is 6.95. The molecule has 2 bridgehead atoms. The van der Waals surface area contributed by atoms with Crippen LogP contribution >= 0.6 is 11.8 Å². The molecule has 230 valence electrons. The van der Waals surface area contributed by atoms with E-state index in [1.807, 2.05) is 13.0 Å². The van der Waals surface area contributed by atoms with Crippen LogP contribution in [0.15, 0.2) is 46.7 Å². The van der Waals surface area contributed by atoms with E-state index in [9.17, 15) is 10.2 Å². The first kappa shape index (κ1) is 30.1. The molecule has 0 aliphatic carbocycles. The van der Waals surface area contributed by atoms with Crippen LogP contribution in [0.1, 0.15) is 85.6 Å². The fourth-order valence-corrected chi connectivity index (χ4v) is 8.00. The van der Waals surface area contributed by atoms with Crippen molar-refractivity contribution in [3.8, 4) is 0 Å². The second-order valence-corrected chi connectivity index (χ2v) is 12.7. The number of amidine groups is 1. The lowest BCUT2D eigenvalue weighted by molar-refractivity contribution is 0.0974. The molecule has 5 N–H and O–H groups in total. The summed E-state index contributed by atoms with van der Waals surface area (Å²) in [5.74, 6) is 1.25. The van der Waals surface area contributed by atoms with Gasteiger partial charge in [-0.2, -0.15) is 10.2 Å². The maximum Gasteiger partial charge on any atom is 0.166 e. The van der Waals surface area contributed by atoms with Gasteiger partial charge in [0.05, 0.1) is 29.9 Å². The number of nitrogens with zero attached hydrogens (tertiary/aromatic N) is 6. The van der Waals surface area contributed by atoms with Crippen molar-refractivity contribution in [3.05, 3.63) is 69.7 Å². The number of fused-ring (bicyclic) bond motifs is 3. The van der Waals surface area contributed by atoms with Crippen molar-refractivity contribution >= 4 is 40.1 Å². The van der Waals surface area contributed by atoms with Gasteiger partial charge >= 0.3 is 0 Å². The smallest absolute Gasteiger partial charge is 0.166 e. The maximum absolute atomic E-state index is 13.5. The average Bonchev–Trinajstić information content (AvgIpc) is 3.74. The molecule has 3 aromatic rings. The predicted octanol–water partition coefficient (Wildman–Crippen LogP) is 4.17. The Bertz CT molecular complexity index is 1700. The average molecular weight is 615 g/mol. The van der Waals surface area contributed by atoms with E-state index >= 15 is 0 Å². The van der Waals surface area contributed by atoms with Gasteiger partial charge in [0.2, 0.25) is 0 Å². The molecular formula is C31H38N10O2S. The lowest BCUT2D eigenvalue weighted by Crippen LogP contribution is -2.52. The summed E-state index contributed by atoms with van der Waals surface area (Å²) in [5, 5.41) is 27.9. The number of ether oxygens (including phenoxy) is 1. The van der Waals surface area contributed by atoms with Crippen LogP contribution in [0, 0.1) is 10.8 Å². The molecule has 0 aromatic carbocycles. The number of piperidine rings is 1. The zero-order valence-electron chi connectivity index (χ0n) is 25.0. The highest BCUT2D eigenvalue weighted by Gasteiger charge is 2.44. The molecule has 3 aromatic heterocycles. The van der Waals surface area contributed by atoms with E-state index in [2.05, 4.69) is 55.3 Å². The van der Waals surface area contributed by atoms with Gasteiger partial charge in [0.15, 0.2) is 11.3 Å². The van der Waals surface area contributed by atoms with Crippen LogP contribution in [0.2, 0.25) is 0 Å². The number of Topliss-reactive ketones (excluding diaryl/α,β-unsaturated/α-hetero) is 1. The Kier molecular flexibility index (Phi) is 8.87. The summed E-state index contributed by atoms with van der Waals surface area (Å²) >= 11 is 1.64. The Morgan fingerprint density at radius 2 is 2.07 bits per heavy atom. The van der Waals surface area contributed by atoms with Gasteiger partial charge < -0.3 is 10.5 Å². The second-order valence-electron chi connectivity index (χ2n) is 11.5. The van der Waals surface area contributed by atoms with E-state index in [4.69, 9.17) is 15.9 Å². The van der Waals surface area contributed by atoms with Crippen LogP contribution in [0.4, 0.5) is 0 Å². The monoisotopic (exact) mass is 614 g/mol. The van der Waals surface area contributed by atoms with Gasteiger partial charge in [-0.05, 0) is 56.6 Å². The predicted molar refractivity (Wildman–Crippen MR) is 170 cm³/mol. The van der Waals surface area contributed by atoms with Crippen LogP contribution in [0.25, 0.3) is 10.4 Å². The molecular weight excluding hydrogens is 576 g/mol. The molecule has 3 aliphatic rings. The maximum atomic E-state index is 13.5. The van der Waals surface area contributed by atoms with Gasteiger partial charge in [-0.3, -0.25) is 25.6 Å². The highest BCUT2D eigenvalue weighted by Crippen LogP contribution is 2.45. The SMILES string of the molecule is CCC(=O)c1c(C2CC3CCC(C2)N3C(C)C(N)=NC=N)ccc2c(C3=CCC=C(COCc4ncn[nH]4)S3)cnn2c1=N. The largest absolute Gasteiger partial charge is 0.386 e. The minimum Gasteiger partial charge on any atom is -0.386 e. The Labute approximate surface area is 259 Å². The summed E-state index contributed by atoms with van der Waals surface area (Å²) in [6.07, 6.45) is 13.5. The number of carbonyl (C=O) groups is 1. The molecule has 3 atom stereocenters. The lowest BCUT2D eigenvalue weighted by atomic mass is 9.82. The van der Waals surface area contributed by atoms with Crippen molar-refractivity contribution in [2.24, 2.45) is 10.7 Å². The van der Waals surface area contributed by atoms with E-state index in [1.165, 1.54) is 6.33 Å². The van der Waals surface area contributed by atoms with Crippen molar-refractivity contribution in [1.82, 2.24) is 29.7 Å². The van der Waals surface area contributed by atoms with Crippen LogP contribution in [-0.2, 0) is 11.3 Å². The van der Waals surface area contributed by atoms with Crippen molar-refractivity contribution in [3.63, 3.8) is 0 Å². The number of aliphatic imine (C=N–C) groups is 1. The minimum absolute atomic E-state index is 0.0366. The van der Waals surface area contributed by atoms with Gasteiger partial charge in [0, 0.05) is 33.9 Å². The summed E-state index contributed by atoms with van der Waals surface area (Å²) in [5.41, 5.74) is 9.49. The van der Waals surface area contributed by atoms with Crippen LogP contribution < -0.4 is 11.2 Å². The summed E-state index contributed by atoms with van der Waals surface area (Å²) in [6, 6.07) is 4.66. The van der Waals surface area contributed by atoms with E-state index in [1.54, 1.807) is 22.5 Å². The molecule has 3 unspecified atom stereocenters. The van der Waals surface area contributed by atoms with Crippen LogP contribution in [-0.4, -0.2) is 72.4 Å². The molecule has 0 amide bonds. The molecule has 12 nitrogen and oxygen atoms in total. The third-order valence-electron chi connectivity index (χ3n) is 8.99. The summed E-state index contributed by atoms with van der Waals surface area (Å²) in [4.78, 5) is 26.2. The molecule has 0 radical (unpaired) electrons. The van der Waals surface area contributed by atoms with Gasteiger partial charge in [0.25, 0.3) is 0 Å². The quantitative estimate of drug-likeness (QED) is 0.141. The zero-order chi connectivity index (χ0) is 30.8. The molecule has 0 spiro atoms. The van der Waals surface area contributed by atoms with Gasteiger partial charge in [-0.25, -0.2) is 14.5 Å². The topological polar surface area (TPSA) is 174 Å². The number of nitrogens with one attached hydrogen (secondary N) is 3. The van der Waals surface area contributed by atoms with E-state index in [0.29, 0.717) is 48.9 Å². The third kappa shape index (κ3) is 5.78. The highest BCUT2D eigenvalue weighted by atomic mass is 32.2. The van der Waals surface area contributed by atoms with Gasteiger partial charge in [0.1, 0.15) is 30.9 Å². The summed E-state index contributed by atoms with van der Waals surface area (Å²) in [6.45, 7) is 4.72. The van der Waals surface area contributed by atoms with Crippen LogP contribution in [0.5, 0.6) is 0 Å². The molecule has 2 fully saturated rings. The number of ketones is 1. The Hall–Kier alpha value is -3.94. The van der Waals surface area contributed by atoms with Crippen molar-refractivity contribution in [1.29, 1.82) is 10.8 Å². The fraction of sp³-hybridized carbons (Fsp3) is 0.452. The standard InChI is InChI=1S/C31H38N10O2S/c1-3-26(42)29-23(19-11-20-7-8-21(12-19)40(20)18(2)30(33)35-16-32)9-10-25-24(13-38-41(25)31(29)34)27-6-4-5-22(44-27)14-43-15-28-36-17-37-39-28/h5-6,9-10,13,16-21,34H,3-4,7-8,11-12,14-15H2,1-2H3,(H3,32,33,35)(H,36,37,39). The van der Waals surface area contributed by atoms with Gasteiger partial charge in [-0.15, -0.1) is 0 Å². The van der Waals surface area contributed by atoms with Crippen molar-refractivity contribution < 1.29 is 9.53 Å². The number of thioether (sulfide) groups is 1. The number of H-pyrrole nitrogens is 1. The summed E-state index contributed by atoms with van der Waals surface area (Å²) in [7, 11) is 0. The van der Waals surface area contributed by atoms with Gasteiger partial charge in [-0.1, -0.05) is 36.9 Å². The zero-order valence-corrected chi connectivity index (χ0v) is 25.8. The molecule has 44 heavy (non-hydrogen) atoms. The van der Waals surface area contributed by atoms with Crippen molar-refractivity contribution in [2.45, 2.75) is 83.0 Å². The first-order valence-corrected chi connectivity index (χ1v) is 15.9. The summed E-state index contributed by atoms with van der Waals surface area (Å²) < 4.78 is 7.46. The molecule has 3 aliphatic heterocycles. The van der Waals surface area contributed by atoms with Crippen molar-refractivity contribution in [2.75, 3.05) is 6.61 Å². The van der Waals surface area contributed by atoms with E-state index < -0.39 is 0 Å². The molecule has 6 heterocycles. The normalized spacial score (nSPS) is 23.0. The Morgan fingerprint density at radius 3 is 2.77 bits per heavy atom. The number of hydrogen-bond donors (Lipinski definition) is 4. The Balaban J connectivity index is 1.29. The van der Waals surface area contributed by atoms with Crippen LogP contribution in [0.3, 0.4) is 0 Å². The third-order valence-corrected chi connectivity index (χ3v) is 10.1. The number of nitrogens with two attached hydrogens (primary N) is 1. The molecule has 6 rings (SSSR count). The lowest BCUT2D eigenvalue weighted by Gasteiger charge is -2.42. The highest BCUT2D eigenvalue weighted by molar-refractivity contribution is 8.11. The first-order chi connectivity index (χ1) is 21.4. The number of aromatic nitrogens is 5. The molecule has 2 saturated heterocycles. The second kappa shape index (κ2) is 13.0. The number of aromatic amines is 1. The number of carbonyl (C=O) groups excluding carboxylic acids is 1. The Morgan fingerprint density at radius 1 is 1.27 bits per heavy atom. The minimum atomic E-state index is -0.0518. The first-order valence-electron chi connectivity index (χ1n) is 15.1. The number of rotatable bonds is 11. The van der Waals surface area contributed by atoms with E-state index in [-0.39, 0.29) is 23.2 Å². The van der Waals surface area contributed by atoms with E-state index in [0.717, 1.165) is 64.9 Å². The number of allylic oxidation sites excluding steroid dienone is 2. The molecule has 13 heteroatoms. The number of hydrogen-bond acceptors (Lipinski definition) is 9. The molecule has 0 saturated carbocycles.